The zero-order valence-corrected chi connectivity index (χ0v) is 15.0. The quantitative estimate of drug-likeness (QED) is 0.209. The summed E-state index contributed by atoms with van der Waals surface area (Å²) in [7, 11) is -1.53. The van der Waals surface area contributed by atoms with Crippen molar-refractivity contribution in [1.82, 2.24) is 10.3 Å². The summed E-state index contributed by atoms with van der Waals surface area (Å²) in [6, 6.07) is 2.69. The number of oxime groups is 1. The van der Waals surface area contributed by atoms with E-state index >= 15 is 0 Å². The fourth-order valence-electron chi connectivity index (χ4n) is 2.61. The monoisotopic (exact) mass is 410 g/mol. The van der Waals surface area contributed by atoms with Gasteiger partial charge in [-0.05, 0) is 24.1 Å². The summed E-state index contributed by atoms with van der Waals surface area (Å²) in [5.41, 5.74) is 5.38. The lowest BCUT2D eigenvalue weighted by Gasteiger charge is -2.29. The third-order valence-electron chi connectivity index (χ3n) is 3.78. The number of carboxylic acid groups (broad SMARTS) is 1. The van der Waals surface area contributed by atoms with Crippen molar-refractivity contribution in [2.45, 2.75) is 12.4 Å². The minimum absolute atomic E-state index is 0.0202. The van der Waals surface area contributed by atoms with Crippen LogP contribution in [-0.4, -0.2) is 51.0 Å². The molecule has 1 aromatic carbocycles. The molecule has 1 amide bonds. The highest BCUT2D eigenvalue weighted by Crippen LogP contribution is 2.33. The smallest absolute Gasteiger partial charge is 0.534 e. The molecule has 13 heteroatoms. The molecular formula is C14H12BClN4O6S. The van der Waals surface area contributed by atoms with Crippen LogP contribution < -0.4 is 15.7 Å². The van der Waals surface area contributed by atoms with Crippen LogP contribution in [0.5, 0.6) is 5.75 Å². The van der Waals surface area contributed by atoms with Gasteiger partial charge in [0.2, 0.25) is 0 Å². The number of amides is 1. The summed E-state index contributed by atoms with van der Waals surface area (Å²) >= 11 is 6.99. The Labute approximate surface area is 161 Å². The molecule has 27 heavy (non-hydrogen) atoms. The van der Waals surface area contributed by atoms with Crippen molar-refractivity contribution >= 4 is 52.8 Å². The van der Waals surface area contributed by atoms with Gasteiger partial charge in [0, 0.05) is 10.4 Å². The lowest BCUT2D eigenvalue weighted by atomic mass is 9.72. The average Bonchev–Trinajstić information content (AvgIpc) is 3.02. The Balaban J connectivity index is 1.83. The number of nitrogens with one attached hydrogen (secondary N) is 1. The molecule has 0 spiro atoms. The third-order valence-corrected chi connectivity index (χ3v) is 4.67. The number of carboxylic acids is 1. The summed E-state index contributed by atoms with van der Waals surface area (Å²) < 4.78 is 5.28. The Morgan fingerprint density at radius 2 is 2.22 bits per heavy atom. The second-order valence-electron chi connectivity index (χ2n) is 5.56. The van der Waals surface area contributed by atoms with Crippen molar-refractivity contribution in [2.75, 3.05) is 5.73 Å². The lowest BCUT2D eigenvalue weighted by Crippen LogP contribution is -2.54. The molecule has 2 heterocycles. The summed E-state index contributed by atoms with van der Waals surface area (Å²) in [6.45, 7) is 0. The summed E-state index contributed by atoms with van der Waals surface area (Å²) in [4.78, 5) is 27.6. The largest absolute Gasteiger partial charge is 0.547 e. The number of fused-ring (bicyclic) bond motifs is 1. The number of nitrogens with zero attached hydrogens (tertiary/aromatic N) is 2. The maximum atomic E-state index is 12.4. The van der Waals surface area contributed by atoms with Gasteiger partial charge >= 0.3 is 13.1 Å². The molecule has 0 radical (unpaired) electrons. The van der Waals surface area contributed by atoms with Gasteiger partial charge in [-0.1, -0.05) is 16.8 Å². The van der Waals surface area contributed by atoms with Crippen molar-refractivity contribution in [3.8, 4) is 5.75 Å². The highest BCUT2D eigenvalue weighted by molar-refractivity contribution is 7.13. The van der Waals surface area contributed by atoms with Gasteiger partial charge in [-0.25, -0.2) is 9.78 Å². The predicted octanol–water partition coefficient (Wildman–Crippen LogP) is 0.395. The number of aromatic nitrogens is 1. The Hall–Kier alpha value is -2.83. The fraction of sp³-hybridized carbons (Fsp3) is 0.143. The van der Waals surface area contributed by atoms with Crippen LogP contribution in [0.3, 0.4) is 0 Å². The maximum Gasteiger partial charge on any atom is 0.547 e. The van der Waals surface area contributed by atoms with Crippen molar-refractivity contribution in [1.29, 1.82) is 0 Å². The van der Waals surface area contributed by atoms with Crippen LogP contribution in [0.15, 0.2) is 22.7 Å². The number of aromatic carboxylic acids is 1. The first-order valence-corrected chi connectivity index (χ1v) is 8.70. The molecule has 0 bridgehead atoms. The number of carbonyl (C=O) groups is 2. The Morgan fingerprint density at radius 3 is 2.81 bits per heavy atom. The van der Waals surface area contributed by atoms with Gasteiger partial charge in [-0.2, -0.15) is 0 Å². The second kappa shape index (κ2) is 7.43. The first-order valence-electron chi connectivity index (χ1n) is 7.45. The van der Waals surface area contributed by atoms with E-state index in [0.717, 1.165) is 11.3 Å². The Kier molecular flexibility index (Phi) is 5.21. The van der Waals surface area contributed by atoms with E-state index in [1.54, 1.807) is 0 Å². The first kappa shape index (κ1) is 19.0. The predicted molar refractivity (Wildman–Crippen MR) is 97.5 cm³/mol. The van der Waals surface area contributed by atoms with Crippen LogP contribution in [0.1, 0.15) is 21.6 Å². The molecule has 0 fully saturated rings. The topological polar surface area (TPSA) is 167 Å². The van der Waals surface area contributed by atoms with Crippen LogP contribution >= 0.6 is 22.9 Å². The van der Waals surface area contributed by atoms with Gasteiger partial charge in [0.15, 0.2) is 10.8 Å². The fourth-order valence-corrected chi connectivity index (χ4v) is 3.40. The van der Waals surface area contributed by atoms with Crippen LogP contribution in [-0.2, 0) is 11.2 Å². The molecule has 1 aliphatic rings. The second-order valence-corrected chi connectivity index (χ2v) is 6.88. The lowest BCUT2D eigenvalue weighted by molar-refractivity contribution is -0.115. The minimum Gasteiger partial charge on any atom is -0.534 e. The van der Waals surface area contributed by atoms with Crippen molar-refractivity contribution < 1.29 is 29.6 Å². The van der Waals surface area contributed by atoms with E-state index < -0.39 is 30.6 Å². The zero-order valence-electron chi connectivity index (χ0n) is 13.4. The molecular weight excluding hydrogens is 399 g/mol. The van der Waals surface area contributed by atoms with E-state index in [0.29, 0.717) is 5.56 Å². The number of hydrogen-bond acceptors (Lipinski definition) is 9. The summed E-state index contributed by atoms with van der Waals surface area (Å²) in [5, 5.41) is 35.7. The molecule has 1 unspecified atom stereocenters. The average molecular weight is 411 g/mol. The number of benzene rings is 1. The standard InChI is InChI=1S/C14H12BClN4O6S/c16-6-1-5-2-9(15(24)26-11(5)7(3-6)13(22)23)19-12(21)10(20-25)8-4-27-14(17)18-8/h1,3-4,9,24-25H,2H2,(H2,17,18)(H,19,21)(H,22,23). The summed E-state index contributed by atoms with van der Waals surface area (Å²) in [6.07, 6.45) is 0.0427. The van der Waals surface area contributed by atoms with Crippen LogP contribution in [0.4, 0.5) is 5.13 Å². The molecule has 1 atom stereocenters. The number of hydrogen-bond donors (Lipinski definition) is 5. The SMILES string of the molecule is Nc1nc(C(=NO)C(=O)NC2Cc3cc(Cl)cc(C(=O)O)c3OB2O)cs1. The zero-order chi connectivity index (χ0) is 19.7. The van der Waals surface area contributed by atoms with Crippen LogP contribution in [0, 0.1) is 0 Å². The molecule has 1 aliphatic heterocycles. The number of nitrogens with two attached hydrogens (primary N) is 1. The molecule has 6 N–H and O–H groups in total. The highest BCUT2D eigenvalue weighted by atomic mass is 35.5. The number of anilines is 1. The van der Waals surface area contributed by atoms with Crippen LogP contribution in [0.2, 0.25) is 5.02 Å². The van der Waals surface area contributed by atoms with Gasteiger partial charge in [0.25, 0.3) is 5.91 Å². The van der Waals surface area contributed by atoms with Crippen molar-refractivity contribution in [2.24, 2.45) is 5.16 Å². The van der Waals surface area contributed by atoms with Gasteiger partial charge in [-0.3, -0.25) is 4.79 Å². The van der Waals surface area contributed by atoms with Gasteiger partial charge < -0.3 is 31.0 Å². The van der Waals surface area contributed by atoms with Crippen molar-refractivity contribution in [3.05, 3.63) is 39.4 Å². The molecule has 0 aliphatic carbocycles. The molecule has 3 rings (SSSR count). The molecule has 10 nitrogen and oxygen atoms in total. The van der Waals surface area contributed by atoms with E-state index in [-0.39, 0.29) is 33.6 Å². The Bertz CT molecular complexity index is 952. The summed E-state index contributed by atoms with van der Waals surface area (Å²) in [5.74, 6) is -3.05. The van der Waals surface area contributed by atoms with Crippen molar-refractivity contribution in [3.63, 3.8) is 0 Å². The van der Waals surface area contributed by atoms with E-state index in [1.165, 1.54) is 17.5 Å². The minimum atomic E-state index is -1.53. The third kappa shape index (κ3) is 3.82. The number of halogens is 1. The van der Waals surface area contributed by atoms with Gasteiger partial charge in [0.05, 0.1) is 5.94 Å². The molecule has 0 saturated heterocycles. The maximum absolute atomic E-state index is 12.4. The number of rotatable bonds is 4. The number of nitrogen functional groups attached to an aromatic ring is 1. The highest BCUT2D eigenvalue weighted by Gasteiger charge is 2.39. The van der Waals surface area contributed by atoms with E-state index in [4.69, 9.17) is 27.2 Å². The van der Waals surface area contributed by atoms with E-state index in [2.05, 4.69) is 15.5 Å². The van der Waals surface area contributed by atoms with Gasteiger partial charge in [0.1, 0.15) is 17.0 Å². The molecule has 1 aromatic heterocycles. The molecule has 2 aromatic rings. The molecule has 140 valence electrons. The molecule has 0 saturated carbocycles. The number of thiazole rings is 1. The number of carbonyl (C=O) groups excluding carboxylic acids is 1. The normalized spacial score (nSPS) is 16.4. The first-order chi connectivity index (χ1) is 12.8. The van der Waals surface area contributed by atoms with E-state index in [9.17, 15) is 19.7 Å². The Morgan fingerprint density at radius 1 is 1.48 bits per heavy atom. The van der Waals surface area contributed by atoms with Gasteiger partial charge in [-0.15, -0.1) is 11.3 Å². The van der Waals surface area contributed by atoms with Crippen LogP contribution in [0.25, 0.3) is 0 Å². The van der Waals surface area contributed by atoms with E-state index in [1.807, 2.05) is 0 Å².